The lowest BCUT2D eigenvalue weighted by Gasteiger charge is -2.33. The summed E-state index contributed by atoms with van der Waals surface area (Å²) in [4.78, 5) is 14.2. The van der Waals surface area contributed by atoms with Crippen molar-refractivity contribution in [2.24, 2.45) is 5.92 Å². The number of benzene rings is 1. The van der Waals surface area contributed by atoms with Crippen LogP contribution in [0.2, 0.25) is 0 Å². The van der Waals surface area contributed by atoms with Gasteiger partial charge in [0.15, 0.2) is 9.84 Å². The quantitative estimate of drug-likeness (QED) is 0.634. The highest BCUT2D eigenvalue weighted by molar-refractivity contribution is 7.91. The number of carbonyl (C=O) groups is 1. The van der Waals surface area contributed by atoms with Gasteiger partial charge in [0.05, 0.1) is 21.9 Å². The Hall–Kier alpha value is -1.58. The van der Waals surface area contributed by atoms with Crippen LogP contribution in [0, 0.1) is 5.92 Å². The Morgan fingerprint density at radius 1 is 1.06 bits per heavy atom. The van der Waals surface area contributed by atoms with E-state index in [1.807, 2.05) is 48.5 Å². The van der Waals surface area contributed by atoms with E-state index in [0.29, 0.717) is 30.8 Å². The number of nitrogens with zero attached hydrogens (tertiary/aromatic N) is 1. The van der Waals surface area contributed by atoms with Crippen molar-refractivity contribution in [1.82, 2.24) is 4.90 Å². The van der Waals surface area contributed by atoms with E-state index in [-0.39, 0.29) is 17.8 Å². The molecule has 0 radical (unpaired) electrons. The molecule has 0 aromatic heterocycles. The van der Waals surface area contributed by atoms with Gasteiger partial charge in [-0.1, -0.05) is 12.1 Å². The van der Waals surface area contributed by atoms with Crippen LogP contribution in [0.3, 0.4) is 0 Å². The fourth-order valence-electron chi connectivity index (χ4n) is 3.83. The zero-order chi connectivity index (χ0) is 23.9. The lowest BCUT2D eigenvalue weighted by atomic mass is 9.79. The molecule has 1 aromatic rings. The molecule has 1 amide bonds. The Morgan fingerprint density at radius 2 is 1.56 bits per heavy atom. The van der Waals surface area contributed by atoms with E-state index >= 15 is 0 Å². The van der Waals surface area contributed by atoms with Crippen LogP contribution in [0.5, 0.6) is 0 Å². The van der Waals surface area contributed by atoms with Crippen molar-refractivity contribution in [2.45, 2.75) is 83.0 Å². The van der Waals surface area contributed by atoms with Crippen LogP contribution in [0.25, 0.3) is 0 Å². The smallest absolute Gasteiger partial charge is 0.444 e. The minimum atomic E-state index is -3.43. The molecular formula is C23H36BNO6S. The summed E-state index contributed by atoms with van der Waals surface area (Å²) in [5.41, 5.74) is -0.635. The average Bonchev–Trinajstić information content (AvgIpc) is 2.88. The van der Waals surface area contributed by atoms with Gasteiger partial charge in [-0.15, -0.1) is 0 Å². The Morgan fingerprint density at radius 3 is 2.03 bits per heavy atom. The summed E-state index contributed by atoms with van der Waals surface area (Å²) in [6.45, 7) is 14.5. The summed E-state index contributed by atoms with van der Waals surface area (Å²) in [6, 6.07) is 6.79. The molecule has 2 fully saturated rings. The maximum Gasteiger partial charge on any atom is 0.494 e. The molecule has 0 spiro atoms. The van der Waals surface area contributed by atoms with Gasteiger partial charge in [-0.05, 0) is 84.8 Å². The SMILES string of the molecule is CC(C)(C)OC(=O)N1CCC(CS(=O)(=O)c2ccc(B3OC(C)(C)C(C)(C)O3)cc2)CC1. The van der Waals surface area contributed by atoms with Crippen LogP contribution >= 0.6 is 0 Å². The summed E-state index contributed by atoms with van der Waals surface area (Å²) >= 11 is 0. The fourth-order valence-corrected chi connectivity index (χ4v) is 5.52. The van der Waals surface area contributed by atoms with Crippen LogP contribution < -0.4 is 5.46 Å². The summed E-state index contributed by atoms with van der Waals surface area (Å²) in [5, 5.41) is 0. The van der Waals surface area contributed by atoms with Gasteiger partial charge < -0.3 is 18.9 Å². The van der Waals surface area contributed by atoms with Crippen molar-refractivity contribution in [2.75, 3.05) is 18.8 Å². The molecule has 7 nitrogen and oxygen atoms in total. The molecule has 9 heteroatoms. The molecule has 0 aliphatic carbocycles. The molecule has 32 heavy (non-hydrogen) atoms. The van der Waals surface area contributed by atoms with Gasteiger partial charge in [-0.3, -0.25) is 0 Å². The minimum Gasteiger partial charge on any atom is -0.444 e. The maximum atomic E-state index is 13.0. The number of likely N-dealkylation sites (tertiary alicyclic amines) is 1. The van der Waals surface area contributed by atoms with Crippen LogP contribution in [-0.2, 0) is 23.9 Å². The molecule has 0 saturated carbocycles. The Labute approximate surface area is 192 Å². The number of rotatable bonds is 4. The maximum absolute atomic E-state index is 13.0. The first-order valence-corrected chi connectivity index (χ1v) is 12.9. The van der Waals surface area contributed by atoms with Crippen molar-refractivity contribution in [3.05, 3.63) is 24.3 Å². The molecule has 0 bridgehead atoms. The van der Waals surface area contributed by atoms with Crippen LogP contribution in [0.15, 0.2) is 29.2 Å². The molecule has 0 atom stereocenters. The first kappa shape index (κ1) is 25.1. The molecule has 0 N–H and O–H groups in total. The lowest BCUT2D eigenvalue weighted by Crippen LogP contribution is -2.42. The zero-order valence-electron chi connectivity index (χ0n) is 20.3. The van der Waals surface area contributed by atoms with Crippen LogP contribution in [-0.4, -0.2) is 62.2 Å². The topological polar surface area (TPSA) is 82.1 Å². The van der Waals surface area contributed by atoms with E-state index in [9.17, 15) is 13.2 Å². The Balaban J connectivity index is 1.58. The molecule has 2 heterocycles. The third-order valence-corrected chi connectivity index (χ3v) is 8.39. The standard InChI is InChI=1S/C23H36BNO6S/c1-21(2,3)29-20(26)25-14-12-17(13-15-25)16-32(27,28)19-10-8-18(9-11-19)24-30-22(4,5)23(6,7)31-24/h8-11,17H,12-16H2,1-7H3. The van der Waals surface area contributed by atoms with Gasteiger partial charge in [-0.25, -0.2) is 13.2 Å². The Kier molecular flexibility index (Phi) is 6.77. The van der Waals surface area contributed by atoms with Crippen molar-refractivity contribution < 1.29 is 27.3 Å². The van der Waals surface area contributed by atoms with Crippen molar-refractivity contribution in [3.63, 3.8) is 0 Å². The second-order valence-corrected chi connectivity index (χ2v) is 12.9. The fraction of sp³-hybridized carbons (Fsp3) is 0.696. The molecule has 1 aromatic carbocycles. The van der Waals surface area contributed by atoms with Crippen molar-refractivity contribution >= 4 is 28.5 Å². The number of sulfone groups is 1. The number of hydrogen-bond acceptors (Lipinski definition) is 6. The summed E-state index contributed by atoms with van der Waals surface area (Å²) in [5.74, 6) is 0.0896. The molecule has 2 aliphatic rings. The highest BCUT2D eigenvalue weighted by atomic mass is 32.2. The Bertz CT molecular complexity index is 912. The lowest BCUT2D eigenvalue weighted by molar-refractivity contribution is 0.00578. The van der Waals surface area contributed by atoms with E-state index < -0.39 is 33.8 Å². The first-order valence-electron chi connectivity index (χ1n) is 11.3. The number of amides is 1. The number of hydrogen-bond donors (Lipinski definition) is 0. The molecule has 178 valence electrons. The summed E-state index contributed by atoms with van der Waals surface area (Å²) < 4.78 is 43.4. The molecule has 3 rings (SSSR count). The van der Waals surface area contributed by atoms with Gasteiger partial charge >= 0.3 is 13.2 Å². The number of piperidine rings is 1. The van der Waals surface area contributed by atoms with Gasteiger partial charge in [0, 0.05) is 13.1 Å². The average molecular weight is 465 g/mol. The normalized spacial score (nSPS) is 21.6. The number of ether oxygens (including phenoxy) is 1. The molecule has 2 saturated heterocycles. The monoisotopic (exact) mass is 465 g/mol. The summed E-state index contributed by atoms with van der Waals surface area (Å²) in [6.07, 6.45) is 0.951. The van der Waals surface area contributed by atoms with Gasteiger partial charge in [0.25, 0.3) is 0 Å². The highest BCUT2D eigenvalue weighted by Gasteiger charge is 2.51. The third-order valence-electron chi connectivity index (χ3n) is 6.49. The van der Waals surface area contributed by atoms with E-state index in [1.54, 1.807) is 29.2 Å². The zero-order valence-corrected chi connectivity index (χ0v) is 21.1. The van der Waals surface area contributed by atoms with Gasteiger partial charge in [0.2, 0.25) is 0 Å². The van der Waals surface area contributed by atoms with E-state index in [4.69, 9.17) is 14.0 Å². The number of carbonyl (C=O) groups excluding carboxylic acids is 1. The van der Waals surface area contributed by atoms with Crippen molar-refractivity contribution in [3.8, 4) is 0 Å². The molecular weight excluding hydrogens is 429 g/mol. The van der Waals surface area contributed by atoms with E-state index in [2.05, 4.69) is 0 Å². The third kappa shape index (κ3) is 5.67. The van der Waals surface area contributed by atoms with Gasteiger partial charge in [0.1, 0.15) is 5.60 Å². The predicted molar refractivity (Wildman–Crippen MR) is 125 cm³/mol. The second kappa shape index (κ2) is 8.65. The van der Waals surface area contributed by atoms with E-state index in [0.717, 1.165) is 5.46 Å². The van der Waals surface area contributed by atoms with E-state index in [1.165, 1.54) is 0 Å². The minimum absolute atomic E-state index is 0.0152. The molecule has 0 unspecified atom stereocenters. The second-order valence-electron chi connectivity index (χ2n) is 10.8. The van der Waals surface area contributed by atoms with Crippen LogP contribution in [0.4, 0.5) is 4.79 Å². The highest BCUT2D eigenvalue weighted by Crippen LogP contribution is 2.36. The summed E-state index contributed by atoms with van der Waals surface area (Å²) in [7, 11) is -3.95. The van der Waals surface area contributed by atoms with Crippen molar-refractivity contribution in [1.29, 1.82) is 0 Å². The predicted octanol–water partition coefficient (Wildman–Crippen LogP) is 3.41. The van der Waals surface area contributed by atoms with Gasteiger partial charge in [-0.2, -0.15) is 0 Å². The molecule has 2 aliphatic heterocycles. The largest absolute Gasteiger partial charge is 0.494 e. The first-order chi connectivity index (χ1) is 14.6. The van der Waals surface area contributed by atoms with Crippen LogP contribution in [0.1, 0.15) is 61.3 Å².